The first kappa shape index (κ1) is 26.6. The van der Waals surface area contributed by atoms with Gasteiger partial charge in [0.15, 0.2) is 11.7 Å². The lowest BCUT2D eigenvalue weighted by molar-refractivity contribution is -0.122. The number of benzene rings is 3. The van der Waals surface area contributed by atoms with E-state index in [0.717, 1.165) is 40.9 Å². The Hall–Kier alpha value is -3.50. The first-order chi connectivity index (χ1) is 17.9. The van der Waals surface area contributed by atoms with E-state index >= 15 is 0 Å². The molecular weight excluding hydrogens is 556 g/mol. The highest BCUT2D eigenvalue weighted by atomic mass is 79.9. The normalized spacial score (nSPS) is 13.4. The van der Waals surface area contributed by atoms with Crippen LogP contribution in [0.2, 0.25) is 0 Å². The summed E-state index contributed by atoms with van der Waals surface area (Å²) in [4.78, 5) is 37.0. The summed E-state index contributed by atoms with van der Waals surface area (Å²) in [5.41, 5.74) is 5.94. The summed E-state index contributed by atoms with van der Waals surface area (Å²) in [6.45, 7) is -0.263. The maximum atomic E-state index is 12.4. The van der Waals surface area contributed by atoms with Gasteiger partial charge in [0.2, 0.25) is 5.91 Å². The molecule has 4 N–H and O–H groups in total. The van der Waals surface area contributed by atoms with Crippen molar-refractivity contribution < 1.29 is 19.1 Å². The summed E-state index contributed by atoms with van der Waals surface area (Å²) in [5, 5.41) is 7.32. The van der Waals surface area contributed by atoms with Gasteiger partial charge in [-0.25, -0.2) is 0 Å². The van der Waals surface area contributed by atoms with Crippen LogP contribution in [0.3, 0.4) is 0 Å². The number of carbonyl (C=O) groups is 3. The van der Waals surface area contributed by atoms with Gasteiger partial charge in [0, 0.05) is 17.2 Å². The predicted molar refractivity (Wildman–Crippen MR) is 150 cm³/mol. The molecular formula is C27H27BrN4O4S. The van der Waals surface area contributed by atoms with Crippen LogP contribution in [0.4, 0.5) is 5.69 Å². The van der Waals surface area contributed by atoms with Crippen LogP contribution >= 0.6 is 28.1 Å². The summed E-state index contributed by atoms with van der Waals surface area (Å²) in [7, 11) is 0. The van der Waals surface area contributed by atoms with Gasteiger partial charge in [-0.2, -0.15) is 0 Å². The van der Waals surface area contributed by atoms with Crippen molar-refractivity contribution >= 4 is 67.4 Å². The first-order valence-electron chi connectivity index (χ1n) is 12.0. The SMILES string of the molecule is O=C(COc1ccc2ccccc2c1Br)NC(=S)NNC(=O)c1ccc(NC(=O)C2CCCCC2)cc1. The van der Waals surface area contributed by atoms with Crippen LogP contribution in [0.15, 0.2) is 65.1 Å². The molecule has 0 heterocycles. The number of hydrazine groups is 1. The second-order valence-corrected chi connectivity index (χ2v) is 9.95. The van der Waals surface area contributed by atoms with Crippen molar-refractivity contribution in [3.8, 4) is 5.75 Å². The Balaban J connectivity index is 1.20. The zero-order valence-corrected chi connectivity index (χ0v) is 22.4. The molecule has 0 aliphatic heterocycles. The summed E-state index contributed by atoms with van der Waals surface area (Å²) < 4.78 is 6.37. The molecule has 4 rings (SSSR count). The van der Waals surface area contributed by atoms with Gasteiger partial charge in [-0.15, -0.1) is 0 Å². The second-order valence-electron chi connectivity index (χ2n) is 8.75. The molecule has 3 aromatic carbocycles. The van der Waals surface area contributed by atoms with Crippen molar-refractivity contribution in [1.29, 1.82) is 0 Å². The fraction of sp³-hybridized carbons (Fsp3) is 0.259. The minimum absolute atomic E-state index is 0.0246. The molecule has 0 spiro atoms. The molecule has 0 aromatic heterocycles. The first-order valence-corrected chi connectivity index (χ1v) is 13.2. The lowest BCUT2D eigenvalue weighted by Crippen LogP contribution is -2.49. The molecule has 1 aliphatic rings. The Morgan fingerprint density at radius 1 is 0.919 bits per heavy atom. The molecule has 192 valence electrons. The van der Waals surface area contributed by atoms with E-state index in [1.54, 1.807) is 30.3 Å². The van der Waals surface area contributed by atoms with E-state index in [0.29, 0.717) is 17.0 Å². The summed E-state index contributed by atoms with van der Waals surface area (Å²) in [6, 6.07) is 18.1. The Morgan fingerprint density at radius 3 is 2.41 bits per heavy atom. The predicted octanol–water partition coefficient (Wildman–Crippen LogP) is 4.84. The van der Waals surface area contributed by atoms with E-state index in [2.05, 4.69) is 37.4 Å². The van der Waals surface area contributed by atoms with Crippen LogP contribution in [0, 0.1) is 5.92 Å². The van der Waals surface area contributed by atoms with Gasteiger partial charge in [-0.1, -0.05) is 49.6 Å². The third-order valence-electron chi connectivity index (χ3n) is 6.12. The number of fused-ring (bicyclic) bond motifs is 1. The fourth-order valence-electron chi connectivity index (χ4n) is 4.16. The molecule has 1 aliphatic carbocycles. The largest absolute Gasteiger partial charge is 0.483 e. The van der Waals surface area contributed by atoms with Crippen molar-refractivity contribution in [3.63, 3.8) is 0 Å². The van der Waals surface area contributed by atoms with Crippen LogP contribution < -0.4 is 26.2 Å². The van der Waals surface area contributed by atoms with Gasteiger partial charge in [0.1, 0.15) is 5.75 Å². The molecule has 0 atom stereocenters. The molecule has 1 fully saturated rings. The summed E-state index contributed by atoms with van der Waals surface area (Å²) in [6.07, 6.45) is 5.19. The Bertz CT molecular complexity index is 1310. The number of anilines is 1. The maximum Gasteiger partial charge on any atom is 0.269 e. The van der Waals surface area contributed by atoms with E-state index in [4.69, 9.17) is 17.0 Å². The molecule has 10 heteroatoms. The fourth-order valence-corrected chi connectivity index (χ4v) is 4.93. The number of amides is 3. The van der Waals surface area contributed by atoms with E-state index in [-0.39, 0.29) is 23.5 Å². The number of rotatable bonds is 6. The Labute approximate surface area is 228 Å². The van der Waals surface area contributed by atoms with Gasteiger partial charge >= 0.3 is 0 Å². The van der Waals surface area contributed by atoms with E-state index in [1.165, 1.54) is 6.42 Å². The van der Waals surface area contributed by atoms with E-state index < -0.39 is 11.8 Å². The van der Waals surface area contributed by atoms with Gasteiger partial charge < -0.3 is 10.1 Å². The molecule has 3 amide bonds. The van der Waals surface area contributed by atoms with Gasteiger partial charge in [-0.05, 0) is 82.1 Å². The highest BCUT2D eigenvalue weighted by molar-refractivity contribution is 9.10. The standard InChI is InChI=1S/C27H27BrN4O4S/c28-24-21-9-5-4-6-17(21)12-15-22(24)36-16-23(33)30-27(37)32-31-26(35)19-10-13-20(14-11-19)29-25(34)18-7-2-1-3-8-18/h4-6,9-15,18H,1-3,7-8,16H2,(H,29,34)(H,31,35)(H2,30,32,33,37). The zero-order valence-electron chi connectivity index (χ0n) is 20.0. The number of thiocarbonyl (C=S) groups is 1. The van der Waals surface area contributed by atoms with Crippen LogP contribution in [0.1, 0.15) is 42.5 Å². The van der Waals surface area contributed by atoms with Crippen molar-refractivity contribution in [3.05, 3.63) is 70.7 Å². The summed E-state index contributed by atoms with van der Waals surface area (Å²) >= 11 is 8.60. The quantitative estimate of drug-likeness (QED) is 0.245. The van der Waals surface area contributed by atoms with Crippen LogP contribution in [0.25, 0.3) is 10.8 Å². The van der Waals surface area contributed by atoms with Crippen LogP contribution in [0.5, 0.6) is 5.75 Å². The molecule has 0 saturated heterocycles. The van der Waals surface area contributed by atoms with Crippen molar-refractivity contribution in [2.45, 2.75) is 32.1 Å². The molecule has 0 unspecified atom stereocenters. The third-order valence-corrected chi connectivity index (χ3v) is 7.14. The number of halogens is 1. The topological polar surface area (TPSA) is 109 Å². The smallest absolute Gasteiger partial charge is 0.269 e. The minimum atomic E-state index is -0.482. The minimum Gasteiger partial charge on any atom is -0.483 e. The Morgan fingerprint density at radius 2 is 1.65 bits per heavy atom. The van der Waals surface area contributed by atoms with Gasteiger partial charge in [-0.3, -0.25) is 30.6 Å². The average molecular weight is 584 g/mol. The molecule has 3 aromatic rings. The molecule has 0 bridgehead atoms. The number of hydrogen-bond acceptors (Lipinski definition) is 5. The molecule has 1 saturated carbocycles. The van der Waals surface area contributed by atoms with Crippen molar-refractivity contribution in [2.75, 3.05) is 11.9 Å². The highest BCUT2D eigenvalue weighted by Gasteiger charge is 2.21. The van der Waals surface area contributed by atoms with Gasteiger partial charge in [0.05, 0.1) is 4.47 Å². The summed E-state index contributed by atoms with van der Waals surface area (Å²) in [5.74, 6) is -0.323. The number of ether oxygens (including phenoxy) is 1. The van der Waals surface area contributed by atoms with Crippen LogP contribution in [-0.4, -0.2) is 29.4 Å². The van der Waals surface area contributed by atoms with Gasteiger partial charge in [0.25, 0.3) is 11.8 Å². The van der Waals surface area contributed by atoms with E-state index in [1.807, 2.05) is 30.3 Å². The highest BCUT2D eigenvalue weighted by Crippen LogP contribution is 2.33. The maximum absolute atomic E-state index is 12.4. The Kier molecular flexibility index (Phi) is 9.08. The van der Waals surface area contributed by atoms with E-state index in [9.17, 15) is 14.4 Å². The zero-order chi connectivity index (χ0) is 26.2. The lowest BCUT2D eigenvalue weighted by Gasteiger charge is -2.20. The molecule has 37 heavy (non-hydrogen) atoms. The van der Waals surface area contributed by atoms with Crippen molar-refractivity contribution in [2.24, 2.45) is 5.92 Å². The number of nitrogens with one attached hydrogen (secondary N) is 4. The second kappa shape index (κ2) is 12.6. The average Bonchev–Trinajstić information content (AvgIpc) is 2.92. The molecule has 0 radical (unpaired) electrons. The van der Waals surface area contributed by atoms with Crippen LogP contribution in [-0.2, 0) is 9.59 Å². The number of carbonyl (C=O) groups excluding carboxylic acids is 3. The number of hydrogen-bond donors (Lipinski definition) is 4. The third kappa shape index (κ3) is 7.27. The monoisotopic (exact) mass is 582 g/mol. The lowest BCUT2D eigenvalue weighted by atomic mass is 9.88. The van der Waals surface area contributed by atoms with Crippen molar-refractivity contribution in [1.82, 2.24) is 16.2 Å². The molecule has 8 nitrogen and oxygen atoms in total.